The fourth-order valence-electron chi connectivity index (χ4n) is 1.77. The monoisotopic (exact) mass is 317 g/mol. The number of phenols is 2. The second-order valence-corrected chi connectivity index (χ2v) is 4.80. The Morgan fingerprint density at radius 3 is 2.48 bits per heavy atom. The molecule has 21 heavy (non-hydrogen) atoms. The third-order valence-corrected chi connectivity index (χ3v) is 3.02. The van der Waals surface area contributed by atoms with Crippen molar-refractivity contribution < 1.29 is 23.4 Å². The van der Waals surface area contributed by atoms with Gasteiger partial charge in [-0.1, -0.05) is 23.7 Å². The SMILES string of the molecule is Oc1cccc(CNc2cc(Cl)cc(C(F)(F)F)c2)c1O. The molecule has 3 nitrogen and oxygen atoms in total. The molecule has 2 rings (SSSR count). The summed E-state index contributed by atoms with van der Waals surface area (Å²) in [4.78, 5) is 0. The van der Waals surface area contributed by atoms with Crippen LogP contribution in [0.4, 0.5) is 18.9 Å². The molecule has 0 fully saturated rings. The topological polar surface area (TPSA) is 52.5 Å². The maximum atomic E-state index is 12.7. The summed E-state index contributed by atoms with van der Waals surface area (Å²) in [6.45, 7) is 0.0396. The van der Waals surface area contributed by atoms with E-state index in [1.54, 1.807) is 0 Å². The number of aromatic hydroxyl groups is 2. The lowest BCUT2D eigenvalue weighted by Crippen LogP contribution is -2.07. The highest BCUT2D eigenvalue weighted by atomic mass is 35.5. The highest BCUT2D eigenvalue weighted by molar-refractivity contribution is 6.30. The summed E-state index contributed by atoms with van der Waals surface area (Å²) in [6, 6.07) is 7.46. The van der Waals surface area contributed by atoms with E-state index >= 15 is 0 Å². The van der Waals surface area contributed by atoms with Crippen molar-refractivity contribution in [1.29, 1.82) is 0 Å². The predicted molar refractivity (Wildman–Crippen MR) is 73.6 cm³/mol. The smallest absolute Gasteiger partial charge is 0.416 e. The molecular weight excluding hydrogens is 307 g/mol. The van der Waals surface area contributed by atoms with Crippen LogP contribution in [0.1, 0.15) is 11.1 Å². The molecule has 0 radical (unpaired) electrons. The Morgan fingerprint density at radius 2 is 1.81 bits per heavy atom. The Hall–Kier alpha value is -2.08. The lowest BCUT2D eigenvalue weighted by Gasteiger charge is -2.12. The standard InChI is InChI=1S/C14H11ClF3NO2/c15-10-4-9(14(16,17)18)5-11(6-10)19-7-8-2-1-3-12(20)13(8)21/h1-6,19-21H,7H2. The number of nitrogens with one attached hydrogen (secondary N) is 1. The Morgan fingerprint density at radius 1 is 1.10 bits per heavy atom. The van der Waals surface area contributed by atoms with Crippen LogP contribution in [0.3, 0.4) is 0 Å². The number of halogens is 4. The lowest BCUT2D eigenvalue weighted by atomic mass is 10.1. The molecule has 3 N–H and O–H groups in total. The number of para-hydroxylation sites is 1. The predicted octanol–water partition coefficient (Wildman–Crippen LogP) is 4.38. The Labute approximate surface area is 123 Å². The molecule has 7 heteroatoms. The second-order valence-electron chi connectivity index (χ2n) is 4.36. The molecule has 0 saturated carbocycles. The summed E-state index contributed by atoms with van der Waals surface area (Å²) in [5, 5.41) is 21.6. The molecule has 2 aromatic carbocycles. The summed E-state index contributed by atoms with van der Waals surface area (Å²) >= 11 is 5.66. The van der Waals surface area contributed by atoms with Crippen molar-refractivity contribution in [3.05, 3.63) is 52.5 Å². The first kappa shape index (κ1) is 15.3. The van der Waals surface area contributed by atoms with Crippen LogP contribution in [0.2, 0.25) is 5.02 Å². The zero-order valence-electron chi connectivity index (χ0n) is 10.6. The molecule has 0 saturated heterocycles. The number of anilines is 1. The summed E-state index contributed by atoms with van der Waals surface area (Å²) in [5.74, 6) is -0.612. The van der Waals surface area contributed by atoms with Crippen molar-refractivity contribution in [3.8, 4) is 11.5 Å². The van der Waals surface area contributed by atoms with Crippen LogP contribution in [0.15, 0.2) is 36.4 Å². The van der Waals surface area contributed by atoms with Gasteiger partial charge in [0.05, 0.1) is 5.56 Å². The van der Waals surface area contributed by atoms with E-state index in [2.05, 4.69) is 5.32 Å². The van der Waals surface area contributed by atoms with Gasteiger partial charge in [-0.25, -0.2) is 0 Å². The Bertz CT molecular complexity index is 659. The first-order valence-electron chi connectivity index (χ1n) is 5.89. The van der Waals surface area contributed by atoms with Crippen LogP contribution in [-0.2, 0) is 12.7 Å². The summed E-state index contributed by atoms with van der Waals surface area (Å²) < 4.78 is 38.0. The minimum Gasteiger partial charge on any atom is -0.504 e. The molecule has 0 amide bonds. The fourth-order valence-corrected chi connectivity index (χ4v) is 2.01. The number of hydrogen-bond acceptors (Lipinski definition) is 3. The normalized spacial score (nSPS) is 11.4. The molecule has 0 aliphatic rings. The van der Waals surface area contributed by atoms with Crippen LogP contribution in [0.25, 0.3) is 0 Å². The van der Waals surface area contributed by atoms with E-state index in [1.807, 2.05) is 0 Å². The van der Waals surface area contributed by atoms with Crippen LogP contribution in [0, 0.1) is 0 Å². The van der Waals surface area contributed by atoms with Gasteiger partial charge in [0.15, 0.2) is 11.5 Å². The number of benzene rings is 2. The highest BCUT2D eigenvalue weighted by Crippen LogP contribution is 2.34. The van der Waals surface area contributed by atoms with Crippen LogP contribution in [-0.4, -0.2) is 10.2 Å². The van der Waals surface area contributed by atoms with Gasteiger partial charge < -0.3 is 15.5 Å². The molecule has 2 aromatic rings. The van der Waals surface area contributed by atoms with Crippen molar-refractivity contribution >= 4 is 17.3 Å². The molecular formula is C14H11ClF3NO2. The third kappa shape index (κ3) is 3.72. The Balaban J connectivity index is 2.21. The molecule has 0 bridgehead atoms. The number of rotatable bonds is 3. The minimum atomic E-state index is -4.49. The molecule has 112 valence electrons. The van der Waals surface area contributed by atoms with E-state index in [1.165, 1.54) is 24.3 Å². The van der Waals surface area contributed by atoms with E-state index in [9.17, 15) is 23.4 Å². The van der Waals surface area contributed by atoms with E-state index in [-0.39, 0.29) is 28.8 Å². The maximum absolute atomic E-state index is 12.7. The summed E-state index contributed by atoms with van der Waals surface area (Å²) in [6.07, 6.45) is -4.49. The van der Waals surface area contributed by atoms with Gasteiger partial charge >= 0.3 is 6.18 Å². The zero-order chi connectivity index (χ0) is 15.6. The van der Waals surface area contributed by atoms with Crippen molar-refractivity contribution in [1.82, 2.24) is 0 Å². The molecule has 0 heterocycles. The molecule has 0 unspecified atom stereocenters. The van der Waals surface area contributed by atoms with Crippen LogP contribution >= 0.6 is 11.6 Å². The van der Waals surface area contributed by atoms with Crippen molar-refractivity contribution in [2.24, 2.45) is 0 Å². The number of phenolic OH excluding ortho intramolecular Hbond substituents is 2. The van der Waals surface area contributed by atoms with E-state index in [0.717, 1.165) is 12.1 Å². The average molecular weight is 318 g/mol. The quantitative estimate of drug-likeness (QED) is 0.736. The van der Waals surface area contributed by atoms with Crippen LogP contribution < -0.4 is 5.32 Å². The first-order chi connectivity index (χ1) is 9.77. The largest absolute Gasteiger partial charge is 0.504 e. The van der Waals surface area contributed by atoms with Crippen molar-refractivity contribution in [2.75, 3.05) is 5.32 Å². The molecule has 0 atom stereocenters. The van der Waals surface area contributed by atoms with E-state index < -0.39 is 11.7 Å². The third-order valence-electron chi connectivity index (χ3n) is 2.81. The van der Waals surface area contributed by atoms with E-state index in [0.29, 0.717) is 5.56 Å². The fraction of sp³-hybridized carbons (Fsp3) is 0.143. The minimum absolute atomic E-state index is 0.0396. The van der Waals surface area contributed by atoms with Gasteiger partial charge in [-0.05, 0) is 24.3 Å². The van der Waals surface area contributed by atoms with Crippen LogP contribution in [0.5, 0.6) is 11.5 Å². The molecule has 0 aliphatic carbocycles. The van der Waals surface area contributed by atoms with Crippen molar-refractivity contribution in [3.63, 3.8) is 0 Å². The maximum Gasteiger partial charge on any atom is 0.416 e. The number of alkyl halides is 3. The summed E-state index contributed by atoms with van der Waals surface area (Å²) in [5.41, 5.74) is -0.348. The zero-order valence-corrected chi connectivity index (χ0v) is 11.3. The van der Waals surface area contributed by atoms with Gasteiger partial charge in [-0.3, -0.25) is 0 Å². The number of hydrogen-bond donors (Lipinski definition) is 3. The molecule has 0 spiro atoms. The second kappa shape index (κ2) is 5.73. The van der Waals surface area contributed by atoms with Gasteiger partial charge in [0.25, 0.3) is 0 Å². The highest BCUT2D eigenvalue weighted by Gasteiger charge is 2.31. The van der Waals surface area contributed by atoms with Gasteiger partial charge in [-0.15, -0.1) is 0 Å². The Kier molecular flexibility index (Phi) is 4.18. The van der Waals surface area contributed by atoms with E-state index in [4.69, 9.17) is 11.6 Å². The van der Waals surface area contributed by atoms with Gasteiger partial charge in [0, 0.05) is 22.8 Å². The molecule has 0 aromatic heterocycles. The average Bonchev–Trinajstić information content (AvgIpc) is 2.39. The van der Waals surface area contributed by atoms with Gasteiger partial charge in [0.2, 0.25) is 0 Å². The van der Waals surface area contributed by atoms with Crippen molar-refractivity contribution in [2.45, 2.75) is 12.7 Å². The first-order valence-corrected chi connectivity index (χ1v) is 6.26. The summed E-state index contributed by atoms with van der Waals surface area (Å²) in [7, 11) is 0. The van der Waals surface area contributed by atoms with Gasteiger partial charge in [-0.2, -0.15) is 13.2 Å². The lowest BCUT2D eigenvalue weighted by molar-refractivity contribution is -0.137. The van der Waals surface area contributed by atoms with Gasteiger partial charge in [0.1, 0.15) is 0 Å². The molecule has 0 aliphatic heterocycles.